The predicted molar refractivity (Wildman–Crippen MR) is 110 cm³/mol. The number of rotatable bonds is 4. The molecule has 0 bridgehead atoms. The number of urea groups is 1. The normalized spacial score (nSPS) is 10.3. The fourth-order valence-electron chi connectivity index (χ4n) is 2.39. The highest BCUT2D eigenvalue weighted by Crippen LogP contribution is 2.29. The molecule has 3 amide bonds. The molecule has 0 aliphatic carbocycles. The molecule has 27 heavy (non-hydrogen) atoms. The smallest absolute Gasteiger partial charge is 0.326 e. The van der Waals surface area contributed by atoms with Gasteiger partial charge in [0.15, 0.2) is 0 Å². The number of amides is 3. The van der Waals surface area contributed by atoms with Crippen molar-refractivity contribution in [2.24, 2.45) is 0 Å². The number of H-pyrrole nitrogens is 1. The molecule has 138 valence electrons. The number of thiol groups is 1. The van der Waals surface area contributed by atoms with Crippen molar-refractivity contribution in [3.05, 3.63) is 59.8 Å². The quantitative estimate of drug-likeness (QED) is 0.482. The molecule has 0 atom stereocenters. The van der Waals surface area contributed by atoms with E-state index >= 15 is 0 Å². The van der Waals surface area contributed by atoms with Crippen LogP contribution in [0.1, 0.15) is 6.92 Å². The van der Waals surface area contributed by atoms with Crippen LogP contribution in [-0.2, 0) is 4.79 Å². The Morgan fingerprint density at radius 1 is 1.07 bits per heavy atom. The van der Waals surface area contributed by atoms with Crippen molar-refractivity contribution < 1.29 is 9.59 Å². The van der Waals surface area contributed by atoms with Crippen LogP contribution in [0.3, 0.4) is 0 Å². The highest BCUT2D eigenvalue weighted by atomic mass is 35.5. The van der Waals surface area contributed by atoms with Crippen LogP contribution < -0.4 is 14.9 Å². The van der Waals surface area contributed by atoms with Crippen LogP contribution in [0.25, 0.3) is 11.3 Å². The fraction of sp³-hybridized carbons (Fsp3) is 0.0556. The standard InChI is InChI=1S/C18H16ClN5O2S/c1-11(25)21-12-2-5-14(6-3-12)24(27)18(26)22-13-4-7-15(16(19)10-13)17-8-9-20-23-17/h2-10,27H,1H3,(H,20,23)(H,21,25)(H,22,26). The summed E-state index contributed by atoms with van der Waals surface area (Å²) in [5, 5.41) is 12.7. The summed E-state index contributed by atoms with van der Waals surface area (Å²) < 4.78 is 1.16. The first-order valence-corrected chi connectivity index (χ1v) is 8.69. The summed E-state index contributed by atoms with van der Waals surface area (Å²) in [4.78, 5) is 23.5. The van der Waals surface area contributed by atoms with Gasteiger partial charge in [-0.2, -0.15) is 5.10 Å². The molecule has 0 saturated heterocycles. The molecule has 0 aliphatic heterocycles. The first kappa shape index (κ1) is 18.8. The zero-order chi connectivity index (χ0) is 19.4. The zero-order valence-electron chi connectivity index (χ0n) is 14.2. The molecule has 3 N–H and O–H groups in total. The van der Waals surface area contributed by atoms with Crippen LogP contribution in [0.5, 0.6) is 0 Å². The third-order valence-electron chi connectivity index (χ3n) is 3.62. The topological polar surface area (TPSA) is 90.1 Å². The first-order chi connectivity index (χ1) is 12.9. The molecule has 0 unspecified atom stereocenters. The number of halogens is 1. The van der Waals surface area contributed by atoms with Crippen molar-refractivity contribution in [2.45, 2.75) is 6.92 Å². The van der Waals surface area contributed by atoms with Gasteiger partial charge >= 0.3 is 6.03 Å². The Kier molecular flexibility index (Phi) is 5.68. The summed E-state index contributed by atoms with van der Waals surface area (Å²) >= 11 is 10.5. The van der Waals surface area contributed by atoms with E-state index in [0.717, 1.165) is 9.87 Å². The number of carbonyl (C=O) groups excluding carboxylic acids is 2. The van der Waals surface area contributed by atoms with E-state index in [1.807, 2.05) is 0 Å². The average Bonchev–Trinajstić information content (AvgIpc) is 3.15. The number of nitrogens with one attached hydrogen (secondary N) is 3. The Bertz CT molecular complexity index is 960. The highest BCUT2D eigenvalue weighted by Gasteiger charge is 2.14. The molecule has 0 aliphatic rings. The van der Waals surface area contributed by atoms with Gasteiger partial charge in [0.05, 0.1) is 16.4 Å². The molecule has 3 rings (SSSR count). The lowest BCUT2D eigenvalue weighted by molar-refractivity contribution is -0.114. The summed E-state index contributed by atoms with van der Waals surface area (Å²) in [7, 11) is 0. The fourth-order valence-corrected chi connectivity index (χ4v) is 2.85. The second kappa shape index (κ2) is 8.15. The van der Waals surface area contributed by atoms with Gasteiger partial charge in [-0.1, -0.05) is 24.4 Å². The summed E-state index contributed by atoms with van der Waals surface area (Å²) in [5.41, 5.74) is 3.18. The van der Waals surface area contributed by atoms with Crippen molar-refractivity contribution >= 4 is 53.4 Å². The van der Waals surface area contributed by atoms with Crippen molar-refractivity contribution in [1.82, 2.24) is 10.2 Å². The summed E-state index contributed by atoms with van der Waals surface area (Å²) in [6.45, 7) is 1.43. The average molecular weight is 402 g/mol. The molecule has 9 heteroatoms. The van der Waals surface area contributed by atoms with Crippen LogP contribution in [0.2, 0.25) is 5.02 Å². The van der Waals surface area contributed by atoms with Crippen LogP contribution in [0.15, 0.2) is 54.7 Å². The lowest BCUT2D eigenvalue weighted by Crippen LogP contribution is -2.26. The maximum absolute atomic E-state index is 12.4. The van der Waals surface area contributed by atoms with Crippen LogP contribution in [0.4, 0.5) is 21.9 Å². The summed E-state index contributed by atoms with van der Waals surface area (Å²) in [6, 6.07) is 13.2. The molecule has 0 spiro atoms. The van der Waals surface area contributed by atoms with E-state index in [4.69, 9.17) is 11.6 Å². The third kappa shape index (κ3) is 4.60. The minimum absolute atomic E-state index is 0.168. The Labute approximate surface area is 166 Å². The van der Waals surface area contributed by atoms with Gasteiger partial charge in [0.2, 0.25) is 5.91 Å². The van der Waals surface area contributed by atoms with Crippen molar-refractivity contribution in [2.75, 3.05) is 14.9 Å². The van der Waals surface area contributed by atoms with E-state index < -0.39 is 6.03 Å². The second-order valence-electron chi connectivity index (χ2n) is 5.62. The van der Waals surface area contributed by atoms with E-state index in [1.54, 1.807) is 54.7 Å². The molecule has 2 aromatic carbocycles. The van der Waals surface area contributed by atoms with Crippen LogP contribution in [-0.4, -0.2) is 22.1 Å². The Morgan fingerprint density at radius 3 is 2.37 bits per heavy atom. The molecular weight excluding hydrogens is 386 g/mol. The predicted octanol–water partition coefficient (Wildman–Crippen LogP) is 4.57. The van der Waals surface area contributed by atoms with Gasteiger partial charge in [-0.05, 0) is 48.5 Å². The molecule has 7 nitrogen and oxygen atoms in total. The first-order valence-electron chi connectivity index (χ1n) is 7.91. The molecular formula is C18H16ClN5O2S. The Balaban J connectivity index is 1.69. The van der Waals surface area contributed by atoms with Gasteiger partial charge in [0.1, 0.15) is 0 Å². The third-order valence-corrected chi connectivity index (χ3v) is 4.35. The minimum atomic E-state index is -0.450. The number of nitrogens with zero attached hydrogens (tertiary/aromatic N) is 2. The van der Waals surface area contributed by atoms with Gasteiger partial charge in [-0.25, -0.2) is 9.10 Å². The summed E-state index contributed by atoms with van der Waals surface area (Å²) in [5.74, 6) is -0.168. The van der Waals surface area contributed by atoms with Gasteiger partial charge in [0.25, 0.3) is 0 Å². The molecule has 0 radical (unpaired) electrons. The van der Waals surface area contributed by atoms with E-state index in [9.17, 15) is 9.59 Å². The van der Waals surface area contributed by atoms with Gasteiger partial charge in [0, 0.05) is 30.1 Å². The second-order valence-corrected chi connectivity index (χ2v) is 6.43. The Morgan fingerprint density at radius 2 is 1.78 bits per heavy atom. The summed E-state index contributed by atoms with van der Waals surface area (Å²) in [6.07, 6.45) is 1.71. The van der Waals surface area contributed by atoms with Gasteiger partial charge < -0.3 is 10.6 Å². The van der Waals surface area contributed by atoms with Crippen LogP contribution >= 0.6 is 24.4 Å². The minimum Gasteiger partial charge on any atom is -0.326 e. The molecule has 1 aromatic heterocycles. The SMILES string of the molecule is CC(=O)Nc1ccc(N(S)C(=O)Nc2ccc(-c3cc[nH]n3)c(Cl)c2)cc1. The maximum atomic E-state index is 12.4. The number of hydrogen-bond donors (Lipinski definition) is 4. The number of aromatic amines is 1. The molecule has 3 aromatic rings. The van der Waals surface area contributed by atoms with E-state index in [1.165, 1.54) is 6.92 Å². The van der Waals surface area contributed by atoms with Crippen molar-refractivity contribution in [3.8, 4) is 11.3 Å². The molecule has 0 saturated carbocycles. The number of anilines is 3. The van der Waals surface area contributed by atoms with E-state index in [0.29, 0.717) is 27.8 Å². The van der Waals surface area contributed by atoms with Gasteiger partial charge in [-0.15, -0.1) is 0 Å². The maximum Gasteiger partial charge on any atom is 0.336 e. The molecule has 1 heterocycles. The number of aromatic nitrogens is 2. The molecule has 0 fully saturated rings. The van der Waals surface area contributed by atoms with Crippen molar-refractivity contribution in [1.29, 1.82) is 0 Å². The van der Waals surface area contributed by atoms with Crippen molar-refractivity contribution in [3.63, 3.8) is 0 Å². The lowest BCUT2D eigenvalue weighted by Gasteiger charge is -2.17. The monoisotopic (exact) mass is 401 g/mol. The lowest BCUT2D eigenvalue weighted by atomic mass is 10.1. The number of carbonyl (C=O) groups is 2. The van der Waals surface area contributed by atoms with E-state index in [2.05, 4.69) is 33.6 Å². The Hall–Kier alpha value is -2.97. The largest absolute Gasteiger partial charge is 0.336 e. The highest BCUT2D eigenvalue weighted by molar-refractivity contribution is 7.82. The number of benzene rings is 2. The van der Waals surface area contributed by atoms with Gasteiger partial charge in [-0.3, -0.25) is 9.89 Å². The zero-order valence-corrected chi connectivity index (χ0v) is 15.9. The van der Waals surface area contributed by atoms with Crippen LogP contribution in [0, 0.1) is 0 Å². The number of hydrogen-bond acceptors (Lipinski definition) is 4. The van der Waals surface area contributed by atoms with E-state index in [-0.39, 0.29) is 5.91 Å².